The Balaban J connectivity index is 1.97. The van der Waals surface area contributed by atoms with E-state index in [9.17, 15) is 14.0 Å². The summed E-state index contributed by atoms with van der Waals surface area (Å²) in [5.41, 5.74) is 2.68. The Labute approximate surface area is 131 Å². The zero-order valence-corrected chi connectivity index (χ0v) is 12.5. The molecule has 1 aliphatic rings. The van der Waals surface area contributed by atoms with E-state index in [1.807, 2.05) is 0 Å². The lowest BCUT2D eigenvalue weighted by molar-refractivity contribution is -0.138. The number of carbonyl (C=O) groups is 2. The summed E-state index contributed by atoms with van der Waals surface area (Å²) in [6.45, 7) is 1.40. The molecule has 0 spiro atoms. The fraction of sp³-hybridized carbons (Fsp3) is 0.312. The number of fused-ring (bicyclic) bond motifs is 1. The van der Waals surface area contributed by atoms with Crippen LogP contribution in [0.5, 0.6) is 0 Å². The lowest BCUT2D eigenvalue weighted by Crippen LogP contribution is -2.38. The number of aliphatic carboxylic acids is 1. The molecule has 0 unspecified atom stereocenters. The van der Waals surface area contributed by atoms with Crippen molar-refractivity contribution in [2.24, 2.45) is 0 Å². The van der Waals surface area contributed by atoms with E-state index in [1.54, 1.807) is 16.8 Å². The van der Waals surface area contributed by atoms with Crippen molar-refractivity contribution >= 4 is 11.9 Å². The molecule has 0 radical (unpaired) electrons. The maximum Gasteiger partial charge on any atom is 0.325 e. The van der Waals surface area contributed by atoms with Gasteiger partial charge in [0.1, 0.15) is 11.9 Å². The number of amides is 1. The first kappa shape index (κ1) is 15.2. The molecule has 1 aromatic heterocycles. The topological polar surface area (TPSA) is 84.2 Å². The van der Waals surface area contributed by atoms with Crippen LogP contribution in [0.15, 0.2) is 24.3 Å². The lowest BCUT2D eigenvalue weighted by atomic mass is 10.2. The van der Waals surface area contributed by atoms with Gasteiger partial charge >= 0.3 is 5.97 Å². The second kappa shape index (κ2) is 5.83. The van der Waals surface area contributed by atoms with Crippen LogP contribution in [0.3, 0.4) is 0 Å². The van der Waals surface area contributed by atoms with E-state index in [-0.39, 0.29) is 11.5 Å². The third-order valence-electron chi connectivity index (χ3n) is 3.93. The van der Waals surface area contributed by atoms with Gasteiger partial charge in [0.25, 0.3) is 5.91 Å². The quantitative estimate of drug-likeness (QED) is 0.899. The third kappa shape index (κ3) is 2.81. The molecule has 0 aliphatic heterocycles. The van der Waals surface area contributed by atoms with E-state index in [1.165, 1.54) is 19.1 Å². The Morgan fingerprint density at radius 1 is 1.30 bits per heavy atom. The number of nitrogens with zero attached hydrogens (tertiary/aromatic N) is 2. The lowest BCUT2D eigenvalue weighted by Gasteiger charge is -2.08. The maximum atomic E-state index is 13.1. The highest BCUT2D eigenvalue weighted by Gasteiger charge is 2.28. The van der Waals surface area contributed by atoms with Crippen molar-refractivity contribution in [3.05, 3.63) is 47.0 Å². The fourth-order valence-corrected chi connectivity index (χ4v) is 2.74. The second-order valence-corrected chi connectivity index (χ2v) is 5.55. The van der Waals surface area contributed by atoms with Crippen molar-refractivity contribution in [1.82, 2.24) is 15.1 Å². The molecule has 3 rings (SSSR count). The number of nitrogens with one attached hydrogen (secondary N) is 1. The molecule has 6 nitrogen and oxygen atoms in total. The number of hydrogen-bond acceptors (Lipinski definition) is 3. The number of hydrogen-bond donors (Lipinski definition) is 2. The molecule has 1 aromatic carbocycles. The number of aromatic nitrogens is 2. The maximum absolute atomic E-state index is 13.1. The molecule has 120 valence electrons. The molecule has 2 N–H and O–H groups in total. The minimum atomic E-state index is -1.10. The first-order valence-electron chi connectivity index (χ1n) is 7.37. The minimum Gasteiger partial charge on any atom is -0.480 e. The van der Waals surface area contributed by atoms with Gasteiger partial charge < -0.3 is 10.4 Å². The van der Waals surface area contributed by atoms with Gasteiger partial charge in [-0.2, -0.15) is 5.10 Å². The van der Waals surface area contributed by atoms with Gasteiger partial charge in [0.2, 0.25) is 0 Å². The van der Waals surface area contributed by atoms with Gasteiger partial charge in [-0.3, -0.25) is 9.59 Å². The zero-order chi connectivity index (χ0) is 16.6. The Morgan fingerprint density at radius 2 is 2.00 bits per heavy atom. The summed E-state index contributed by atoms with van der Waals surface area (Å²) in [7, 11) is 0. The van der Waals surface area contributed by atoms with Crippen LogP contribution < -0.4 is 5.32 Å². The number of halogens is 1. The molecular weight excluding hydrogens is 301 g/mol. The van der Waals surface area contributed by atoms with Crippen LogP contribution in [0, 0.1) is 5.82 Å². The largest absolute Gasteiger partial charge is 0.480 e. The average Bonchev–Trinajstić information content (AvgIpc) is 3.10. The summed E-state index contributed by atoms with van der Waals surface area (Å²) in [6, 6.07) is 4.88. The third-order valence-corrected chi connectivity index (χ3v) is 3.93. The molecule has 1 atom stereocenters. The summed E-state index contributed by atoms with van der Waals surface area (Å²) in [4.78, 5) is 23.2. The first-order valence-corrected chi connectivity index (χ1v) is 7.37. The van der Waals surface area contributed by atoms with Crippen LogP contribution in [0.4, 0.5) is 4.39 Å². The number of carboxylic acid groups (broad SMARTS) is 1. The number of rotatable bonds is 4. The molecule has 1 heterocycles. The average molecular weight is 317 g/mol. The highest BCUT2D eigenvalue weighted by Crippen LogP contribution is 2.27. The highest BCUT2D eigenvalue weighted by atomic mass is 19.1. The van der Waals surface area contributed by atoms with Crippen molar-refractivity contribution in [2.45, 2.75) is 32.2 Å². The van der Waals surface area contributed by atoms with Crippen LogP contribution in [-0.2, 0) is 17.6 Å². The van der Waals surface area contributed by atoms with E-state index in [0.717, 1.165) is 30.5 Å². The standard InChI is InChI=1S/C16H16FN3O3/c1-9(16(22)23)18-15(21)14-12-3-2-4-13(12)20(19-14)11-7-5-10(17)6-8-11/h5-9H,2-4H2,1H3,(H,18,21)(H,22,23)/t9-/m0/s1. The van der Waals surface area contributed by atoms with Crippen LogP contribution in [0.2, 0.25) is 0 Å². The van der Waals surface area contributed by atoms with Gasteiger partial charge in [-0.15, -0.1) is 0 Å². The van der Waals surface area contributed by atoms with E-state index < -0.39 is 17.9 Å². The van der Waals surface area contributed by atoms with Gasteiger partial charge in [-0.25, -0.2) is 9.07 Å². The van der Waals surface area contributed by atoms with E-state index in [2.05, 4.69) is 10.4 Å². The molecule has 2 aromatic rings. The molecule has 0 bridgehead atoms. The second-order valence-electron chi connectivity index (χ2n) is 5.55. The number of carbonyl (C=O) groups excluding carboxylic acids is 1. The number of carboxylic acids is 1. The normalized spacial score (nSPS) is 14.3. The Kier molecular flexibility index (Phi) is 3.85. The predicted molar refractivity (Wildman–Crippen MR) is 80.1 cm³/mol. The van der Waals surface area contributed by atoms with E-state index in [0.29, 0.717) is 5.69 Å². The summed E-state index contributed by atoms with van der Waals surface area (Å²) < 4.78 is 14.7. The Morgan fingerprint density at radius 3 is 2.65 bits per heavy atom. The summed E-state index contributed by atoms with van der Waals surface area (Å²) in [6.07, 6.45) is 2.41. The molecule has 1 aliphatic carbocycles. The SMILES string of the molecule is C[C@H](NC(=O)c1nn(-c2ccc(F)cc2)c2c1CCC2)C(=O)O. The van der Waals surface area contributed by atoms with Gasteiger partial charge in [0, 0.05) is 11.3 Å². The van der Waals surface area contributed by atoms with Crippen LogP contribution in [-0.4, -0.2) is 32.8 Å². The van der Waals surface area contributed by atoms with Gasteiger partial charge in [0.05, 0.1) is 5.69 Å². The summed E-state index contributed by atoms with van der Waals surface area (Å²) in [5, 5.41) is 15.7. The van der Waals surface area contributed by atoms with E-state index >= 15 is 0 Å². The minimum absolute atomic E-state index is 0.245. The molecule has 7 heteroatoms. The zero-order valence-electron chi connectivity index (χ0n) is 12.5. The van der Waals surface area contributed by atoms with E-state index in [4.69, 9.17) is 5.11 Å². The van der Waals surface area contributed by atoms with Crippen molar-refractivity contribution in [1.29, 1.82) is 0 Å². The number of benzene rings is 1. The molecule has 0 fully saturated rings. The summed E-state index contributed by atoms with van der Waals surface area (Å²) in [5.74, 6) is -1.95. The molecule has 1 amide bonds. The summed E-state index contributed by atoms with van der Waals surface area (Å²) >= 11 is 0. The van der Waals surface area contributed by atoms with Gasteiger partial charge in [0.15, 0.2) is 5.69 Å². The smallest absolute Gasteiger partial charge is 0.325 e. The predicted octanol–water partition coefficient (Wildman–Crippen LogP) is 1.70. The van der Waals surface area contributed by atoms with Crippen LogP contribution >= 0.6 is 0 Å². The molecule has 0 saturated heterocycles. The molecule has 0 saturated carbocycles. The van der Waals surface area contributed by atoms with Crippen LogP contribution in [0.1, 0.15) is 35.1 Å². The fourth-order valence-electron chi connectivity index (χ4n) is 2.74. The Hall–Kier alpha value is -2.70. The molecular formula is C16H16FN3O3. The van der Waals surface area contributed by atoms with Gasteiger partial charge in [-0.05, 0) is 50.5 Å². The Bertz CT molecular complexity index is 768. The van der Waals surface area contributed by atoms with Crippen LogP contribution in [0.25, 0.3) is 5.69 Å². The van der Waals surface area contributed by atoms with Crippen molar-refractivity contribution in [3.63, 3.8) is 0 Å². The van der Waals surface area contributed by atoms with Crippen molar-refractivity contribution in [2.75, 3.05) is 0 Å². The highest BCUT2D eigenvalue weighted by molar-refractivity contribution is 5.96. The molecule has 23 heavy (non-hydrogen) atoms. The monoisotopic (exact) mass is 317 g/mol. The van der Waals surface area contributed by atoms with Crippen molar-refractivity contribution < 1.29 is 19.1 Å². The van der Waals surface area contributed by atoms with Crippen molar-refractivity contribution in [3.8, 4) is 5.69 Å². The first-order chi connectivity index (χ1) is 11.0. The van der Waals surface area contributed by atoms with Gasteiger partial charge in [-0.1, -0.05) is 0 Å².